The van der Waals surface area contributed by atoms with Crippen LogP contribution in [0.1, 0.15) is 5.56 Å². The summed E-state index contributed by atoms with van der Waals surface area (Å²) in [6, 6.07) is 2.83. The summed E-state index contributed by atoms with van der Waals surface area (Å²) in [5, 5.41) is 0. The number of amides is 1. The molecule has 0 bridgehead atoms. The van der Waals surface area contributed by atoms with Crippen LogP contribution in [0, 0.1) is 11.8 Å². The molecule has 0 saturated carbocycles. The number of hydrogen-bond acceptors (Lipinski definition) is 2. The van der Waals surface area contributed by atoms with E-state index in [0.717, 1.165) is 0 Å². The van der Waals surface area contributed by atoms with Gasteiger partial charge >= 0.3 is 0 Å². The van der Waals surface area contributed by atoms with E-state index in [1.165, 1.54) is 18.3 Å². The van der Waals surface area contributed by atoms with Gasteiger partial charge in [-0.25, -0.2) is 0 Å². The molecule has 1 aromatic heterocycles. The maximum atomic E-state index is 10.6. The van der Waals surface area contributed by atoms with Crippen LogP contribution >= 0.6 is 0 Å². The summed E-state index contributed by atoms with van der Waals surface area (Å²) in [5.41, 5.74) is 5.13. The Bertz CT molecular complexity index is 389. The minimum atomic E-state index is -0.693. The first-order chi connectivity index (χ1) is 5.68. The molecule has 3 N–H and O–H groups in total. The van der Waals surface area contributed by atoms with Gasteiger partial charge < -0.3 is 10.7 Å². The number of nitrogens with two attached hydrogens (primary N) is 1. The summed E-state index contributed by atoms with van der Waals surface area (Å²) in [7, 11) is 0. The van der Waals surface area contributed by atoms with E-state index >= 15 is 0 Å². The first-order valence-corrected chi connectivity index (χ1v) is 3.18. The average Bonchev–Trinajstić information content (AvgIpc) is 2.03. The van der Waals surface area contributed by atoms with E-state index in [0.29, 0.717) is 5.56 Å². The number of carbonyl (C=O) groups excluding carboxylic acids is 1. The van der Waals surface area contributed by atoms with Crippen molar-refractivity contribution in [1.29, 1.82) is 0 Å². The molecule has 1 rings (SSSR count). The van der Waals surface area contributed by atoms with Gasteiger partial charge in [0.15, 0.2) is 0 Å². The molecular weight excluding hydrogens is 156 g/mol. The van der Waals surface area contributed by atoms with Crippen molar-refractivity contribution in [3.8, 4) is 11.8 Å². The van der Waals surface area contributed by atoms with Crippen molar-refractivity contribution in [3.63, 3.8) is 0 Å². The third kappa shape index (κ3) is 2.31. The summed E-state index contributed by atoms with van der Waals surface area (Å²) >= 11 is 0. The molecule has 1 aromatic rings. The van der Waals surface area contributed by atoms with Crippen LogP contribution < -0.4 is 11.3 Å². The van der Waals surface area contributed by atoms with Crippen LogP contribution in [0.25, 0.3) is 0 Å². The first-order valence-electron chi connectivity index (χ1n) is 3.18. The van der Waals surface area contributed by atoms with Crippen molar-refractivity contribution in [3.05, 3.63) is 34.2 Å². The zero-order valence-electron chi connectivity index (χ0n) is 6.13. The first kappa shape index (κ1) is 8.08. The Morgan fingerprint density at radius 1 is 1.50 bits per heavy atom. The summed E-state index contributed by atoms with van der Waals surface area (Å²) in [6.07, 6.45) is 1.41. The molecule has 0 fully saturated rings. The van der Waals surface area contributed by atoms with Gasteiger partial charge in [-0.15, -0.1) is 0 Å². The molecule has 4 nitrogen and oxygen atoms in total. The second-order valence-electron chi connectivity index (χ2n) is 2.06. The zero-order chi connectivity index (χ0) is 8.97. The smallest absolute Gasteiger partial charge is 0.293 e. The van der Waals surface area contributed by atoms with Gasteiger partial charge in [-0.2, -0.15) is 0 Å². The fraction of sp³-hybridized carbons (Fsp3) is 0. The van der Waals surface area contributed by atoms with E-state index < -0.39 is 5.91 Å². The van der Waals surface area contributed by atoms with E-state index in [9.17, 15) is 9.59 Å². The Labute approximate surface area is 68.4 Å². The number of pyridine rings is 1. The van der Waals surface area contributed by atoms with Gasteiger partial charge in [0.05, 0.1) is 0 Å². The summed E-state index contributed by atoms with van der Waals surface area (Å²) in [6.45, 7) is 0. The number of carbonyl (C=O) groups is 1. The molecule has 4 heteroatoms. The lowest BCUT2D eigenvalue weighted by Gasteiger charge is -1.85. The molecule has 0 aliphatic heterocycles. The third-order valence-corrected chi connectivity index (χ3v) is 1.11. The normalized spacial score (nSPS) is 8.33. The standard InChI is InChI=1S/C8H6N2O2/c9-7(11)3-1-6-2-4-8(12)10-5-6/h2,4-5H,(H2,9,11)(H,10,12). The average molecular weight is 162 g/mol. The van der Waals surface area contributed by atoms with Gasteiger partial charge in [-0.05, 0) is 6.07 Å². The number of aromatic nitrogens is 1. The van der Waals surface area contributed by atoms with Crippen molar-refractivity contribution >= 4 is 5.91 Å². The van der Waals surface area contributed by atoms with Crippen LogP contribution in [0.4, 0.5) is 0 Å². The van der Waals surface area contributed by atoms with Crippen molar-refractivity contribution < 1.29 is 4.79 Å². The second kappa shape index (κ2) is 3.39. The molecule has 0 unspecified atom stereocenters. The zero-order valence-corrected chi connectivity index (χ0v) is 6.13. The monoisotopic (exact) mass is 162 g/mol. The quantitative estimate of drug-likeness (QED) is 0.490. The third-order valence-electron chi connectivity index (χ3n) is 1.11. The molecule has 0 aromatic carbocycles. The highest BCUT2D eigenvalue weighted by Gasteiger charge is 1.86. The molecule has 0 aliphatic carbocycles. The number of nitrogens with one attached hydrogen (secondary N) is 1. The number of aromatic amines is 1. The maximum Gasteiger partial charge on any atom is 0.293 e. The minimum Gasteiger partial charge on any atom is -0.359 e. The van der Waals surface area contributed by atoms with E-state index in [1.807, 2.05) is 0 Å². The molecule has 0 saturated heterocycles. The largest absolute Gasteiger partial charge is 0.359 e. The van der Waals surface area contributed by atoms with E-state index in [1.54, 1.807) is 0 Å². The highest BCUT2D eigenvalue weighted by molar-refractivity contribution is 5.92. The molecule has 0 radical (unpaired) electrons. The Hall–Kier alpha value is -2.02. The van der Waals surface area contributed by atoms with Crippen LogP contribution in [0.2, 0.25) is 0 Å². The van der Waals surface area contributed by atoms with Crippen LogP contribution in [-0.2, 0) is 4.79 Å². The molecule has 1 amide bonds. The van der Waals surface area contributed by atoms with Gasteiger partial charge in [0.1, 0.15) is 0 Å². The van der Waals surface area contributed by atoms with Crippen molar-refractivity contribution in [2.45, 2.75) is 0 Å². The lowest BCUT2D eigenvalue weighted by molar-refractivity contribution is -0.112. The van der Waals surface area contributed by atoms with Crippen LogP contribution in [0.5, 0.6) is 0 Å². The molecular formula is C8H6N2O2. The molecule has 60 valence electrons. The lowest BCUT2D eigenvalue weighted by Crippen LogP contribution is -2.06. The van der Waals surface area contributed by atoms with E-state index in [2.05, 4.69) is 16.8 Å². The Morgan fingerprint density at radius 2 is 2.25 bits per heavy atom. The SMILES string of the molecule is NC(=O)C#Cc1ccc(=O)[nH]c1. The van der Waals surface area contributed by atoms with Crippen LogP contribution in [0.3, 0.4) is 0 Å². The molecule has 1 heterocycles. The van der Waals surface area contributed by atoms with E-state index in [-0.39, 0.29) is 5.56 Å². The minimum absolute atomic E-state index is 0.209. The Morgan fingerprint density at radius 3 is 2.75 bits per heavy atom. The Balaban J connectivity index is 2.94. The van der Waals surface area contributed by atoms with Gasteiger partial charge in [0.25, 0.3) is 5.91 Å². The van der Waals surface area contributed by atoms with Crippen LogP contribution in [-0.4, -0.2) is 10.9 Å². The Kier molecular flexibility index (Phi) is 2.29. The second-order valence-corrected chi connectivity index (χ2v) is 2.06. The summed E-state index contributed by atoms with van der Waals surface area (Å²) < 4.78 is 0. The van der Waals surface area contributed by atoms with Crippen molar-refractivity contribution in [2.24, 2.45) is 5.73 Å². The number of H-pyrrole nitrogens is 1. The lowest BCUT2D eigenvalue weighted by atomic mass is 10.3. The fourth-order valence-electron chi connectivity index (χ4n) is 0.622. The molecule has 0 spiro atoms. The van der Waals surface area contributed by atoms with Crippen molar-refractivity contribution in [2.75, 3.05) is 0 Å². The highest BCUT2D eigenvalue weighted by Crippen LogP contribution is 1.87. The van der Waals surface area contributed by atoms with Crippen LogP contribution in [0.15, 0.2) is 23.1 Å². The van der Waals surface area contributed by atoms with Gasteiger partial charge in [-0.3, -0.25) is 9.59 Å². The fourth-order valence-corrected chi connectivity index (χ4v) is 0.622. The molecule has 0 aliphatic rings. The predicted molar refractivity (Wildman–Crippen MR) is 43.1 cm³/mol. The summed E-state index contributed by atoms with van der Waals surface area (Å²) in [5.74, 6) is 3.93. The van der Waals surface area contributed by atoms with E-state index in [4.69, 9.17) is 5.73 Å². The number of primary amides is 1. The topological polar surface area (TPSA) is 76.0 Å². The highest BCUT2D eigenvalue weighted by atomic mass is 16.1. The maximum absolute atomic E-state index is 10.6. The van der Waals surface area contributed by atoms with Gasteiger partial charge in [0, 0.05) is 23.7 Å². The summed E-state index contributed by atoms with van der Waals surface area (Å²) in [4.78, 5) is 23.2. The number of hydrogen-bond donors (Lipinski definition) is 2. The van der Waals surface area contributed by atoms with Gasteiger partial charge in [-0.1, -0.05) is 5.92 Å². The predicted octanol–water partition coefficient (Wildman–Crippen LogP) is -0.788. The number of rotatable bonds is 0. The molecule has 0 atom stereocenters. The van der Waals surface area contributed by atoms with Crippen molar-refractivity contribution in [1.82, 2.24) is 4.98 Å². The van der Waals surface area contributed by atoms with Gasteiger partial charge in [0.2, 0.25) is 5.56 Å². The molecule has 12 heavy (non-hydrogen) atoms.